The molecule has 0 radical (unpaired) electrons. The van der Waals surface area contributed by atoms with Crippen molar-refractivity contribution in [3.05, 3.63) is 22.6 Å². The summed E-state index contributed by atoms with van der Waals surface area (Å²) in [6.07, 6.45) is 3.62. The van der Waals surface area contributed by atoms with Crippen molar-refractivity contribution in [3.8, 4) is 0 Å². The summed E-state index contributed by atoms with van der Waals surface area (Å²) in [5.41, 5.74) is 0.709. The van der Waals surface area contributed by atoms with E-state index < -0.39 is 0 Å². The standard InChI is InChI=1S/C18H29N5O2/c1-14(2)21-7-9-22(10-8-21)18(25)15-5-4-6-23(13-15)16-11-17(24)20(3)19-12-16/h11-12,14-15H,4-10,13H2,1-3H3/t15-/m0/s1. The fourth-order valence-electron chi connectivity index (χ4n) is 3.76. The molecule has 138 valence electrons. The fraction of sp³-hybridized carbons (Fsp3) is 0.722. The van der Waals surface area contributed by atoms with E-state index in [0.717, 1.165) is 51.3 Å². The molecule has 0 aliphatic carbocycles. The second-order valence-corrected chi connectivity index (χ2v) is 7.42. The molecule has 2 fully saturated rings. The lowest BCUT2D eigenvalue weighted by molar-refractivity contribution is -0.137. The molecule has 0 spiro atoms. The number of rotatable bonds is 3. The van der Waals surface area contributed by atoms with E-state index in [9.17, 15) is 9.59 Å². The number of carbonyl (C=O) groups excluding carboxylic acids is 1. The highest BCUT2D eigenvalue weighted by Gasteiger charge is 2.31. The Kier molecular flexibility index (Phi) is 5.42. The first-order chi connectivity index (χ1) is 12.0. The van der Waals surface area contributed by atoms with Crippen molar-refractivity contribution in [1.82, 2.24) is 19.6 Å². The van der Waals surface area contributed by atoms with Crippen LogP contribution in [0.2, 0.25) is 0 Å². The third kappa shape index (κ3) is 4.03. The molecule has 0 aromatic carbocycles. The average molecular weight is 347 g/mol. The highest BCUT2D eigenvalue weighted by molar-refractivity contribution is 5.80. The van der Waals surface area contributed by atoms with Crippen molar-refractivity contribution in [1.29, 1.82) is 0 Å². The Bertz CT molecular complexity index is 664. The van der Waals surface area contributed by atoms with Gasteiger partial charge in [0, 0.05) is 58.4 Å². The number of hydrogen-bond donors (Lipinski definition) is 0. The van der Waals surface area contributed by atoms with Crippen LogP contribution in [0.5, 0.6) is 0 Å². The van der Waals surface area contributed by atoms with Crippen LogP contribution in [0.1, 0.15) is 26.7 Å². The maximum absolute atomic E-state index is 12.9. The molecule has 0 N–H and O–H groups in total. The SMILES string of the molecule is CC(C)N1CCN(C(=O)[C@H]2CCCN(c3cnn(C)c(=O)c3)C2)CC1. The van der Waals surface area contributed by atoms with Crippen LogP contribution in [0.15, 0.2) is 17.1 Å². The van der Waals surface area contributed by atoms with E-state index >= 15 is 0 Å². The Morgan fingerprint density at radius 2 is 1.92 bits per heavy atom. The summed E-state index contributed by atoms with van der Waals surface area (Å²) in [4.78, 5) is 31.3. The number of aryl methyl sites for hydroxylation is 1. The second kappa shape index (κ2) is 7.56. The van der Waals surface area contributed by atoms with Crippen molar-refractivity contribution in [2.45, 2.75) is 32.7 Å². The monoisotopic (exact) mass is 347 g/mol. The largest absolute Gasteiger partial charge is 0.369 e. The van der Waals surface area contributed by atoms with Gasteiger partial charge in [0.25, 0.3) is 5.56 Å². The van der Waals surface area contributed by atoms with Gasteiger partial charge in [-0.05, 0) is 26.7 Å². The predicted octanol–water partition coefficient (Wildman–Crippen LogP) is 0.549. The zero-order valence-corrected chi connectivity index (χ0v) is 15.5. The van der Waals surface area contributed by atoms with Crippen molar-refractivity contribution in [3.63, 3.8) is 0 Å². The number of nitrogens with zero attached hydrogens (tertiary/aromatic N) is 5. The Balaban J connectivity index is 1.62. The lowest BCUT2D eigenvalue weighted by Gasteiger charge is -2.40. The molecule has 1 amide bonds. The molecule has 0 saturated carbocycles. The van der Waals surface area contributed by atoms with Crippen LogP contribution in [0.25, 0.3) is 0 Å². The number of amides is 1. The smallest absolute Gasteiger partial charge is 0.268 e. The molecule has 1 aromatic heterocycles. The van der Waals surface area contributed by atoms with Crippen LogP contribution in [-0.4, -0.2) is 70.8 Å². The van der Waals surface area contributed by atoms with Gasteiger partial charge in [-0.1, -0.05) is 0 Å². The third-order valence-corrected chi connectivity index (χ3v) is 5.45. The maximum Gasteiger partial charge on any atom is 0.268 e. The van der Waals surface area contributed by atoms with Crippen molar-refractivity contribution >= 4 is 11.6 Å². The average Bonchev–Trinajstić information content (AvgIpc) is 2.63. The lowest BCUT2D eigenvalue weighted by atomic mass is 9.96. The van der Waals surface area contributed by atoms with E-state index in [1.807, 2.05) is 4.90 Å². The lowest BCUT2D eigenvalue weighted by Crippen LogP contribution is -2.53. The number of piperidine rings is 1. The first kappa shape index (κ1) is 17.9. The summed E-state index contributed by atoms with van der Waals surface area (Å²) in [7, 11) is 1.64. The Morgan fingerprint density at radius 1 is 1.20 bits per heavy atom. The summed E-state index contributed by atoms with van der Waals surface area (Å²) in [6.45, 7) is 9.51. The van der Waals surface area contributed by atoms with Gasteiger partial charge in [-0.25, -0.2) is 4.68 Å². The molecule has 7 heteroatoms. The van der Waals surface area contributed by atoms with Gasteiger partial charge in [0.2, 0.25) is 5.91 Å². The first-order valence-corrected chi connectivity index (χ1v) is 9.27. The van der Waals surface area contributed by atoms with E-state index in [2.05, 4.69) is 28.7 Å². The zero-order chi connectivity index (χ0) is 18.0. The molecule has 2 saturated heterocycles. The fourth-order valence-corrected chi connectivity index (χ4v) is 3.76. The summed E-state index contributed by atoms with van der Waals surface area (Å²) < 4.78 is 1.32. The van der Waals surface area contributed by atoms with Gasteiger partial charge in [0.15, 0.2) is 0 Å². The van der Waals surface area contributed by atoms with Gasteiger partial charge in [-0.3, -0.25) is 14.5 Å². The molecular weight excluding hydrogens is 318 g/mol. The quantitative estimate of drug-likeness (QED) is 0.799. The minimum Gasteiger partial charge on any atom is -0.369 e. The van der Waals surface area contributed by atoms with Gasteiger partial charge in [0.05, 0.1) is 17.8 Å². The molecule has 1 atom stereocenters. The number of aromatic nitrogens is 2. The summed E-state index contributed by atoms with van der Waals surface area (Å²) in [6, 6.07) is 2.15. The predicted molar refractivity (Wildman–Crippen MR) is 97.7 cm³/mol. The molecule has 3 heterocycles. The minimum absolute atomic E-state index is 0.0170. The second-order valence-electron chi connectivity index (χ2n) is 7.42. The van der Waals surface area contributed by atoms with Crippen LogP contribution >= 0.6 is 0 Å². The Labute approximate surface area is 149 Å². The number of carbonyl (C=O) groups is 1. The molecular formula is C18H29N5O2. The van der Waals surface area contributed by atoms with Crippen LogP contribution in [0.4, 0.5) is 5.69 Å². The van der Waals surface area contributed by atoms with E-state index in [-0.39, 0.29) is 17.4 Å². The number of piperazine rings is 1. The molecule has 3 rings (SSSR count). The summed E-state index contributed by atoms with van der Waals surface area (Å²) in [5.74, 6) is 0.285. The van der Waals surface area contributed by atoms with Crippen LogP contribution in [0.3, 0.4) is 0 Å². The number of anilines is 1. The van der Waals surface area contributed by atoms with E-state index in [0.29, 0.717) is 12.6 Å². The highest BCUT2D eigenvalue weighted by Crippen LogP contribution is 2.23. The van der Waals surface area contributed by atoms with Gasteiger partial charge >= 0.3 is 0 Å². The maximum atomic E-state index is 12.9. The molecule has 25 heavy (non-hydrogen) atoms. The van der Waals surface area contributed by atoms with Crippen LogP contribution in [-0.2, 0) is 11.8 Å². The van der Waals surface area contributed by atoms with Crippen molar-refractivity contribution in [2.24, 2.45) is 13.0 Å². The highest BCUT2D eigenvalue weighted by atomic mass is 16.2. The van der Waals surface area contributed by atoms with Crippen LogP contribution in [0, 0.1) is 5.92 Å². The van der Waals surface area contributed by atoms with E-state index in [4.69, 9.17) is 0 Å². The summed E-state index contributed by atoms with van der Waals surface area (Å²) in [5, 5.41) is 4.10. The van der Waals surface area contributed by atoms with Gasteiger partial charge in [-0.2, -0.15) is 5.10 Å². The minimum atomic E-state index is -0.115. The van der Waals surface area contributed by atoms with E-state index in [1.54, 1.807) is 19.3 Å². The van der Waals surface area contributed by atoms with Gasteiger partial charge < -0.3 is 9.80 Å². The van der Waals surface area contributed by atoms with Gasteiger partial charge in [-0.15, -0.1) is 0 Å². The Morgan fingerprint density at radius 3 is 2.56 bits per heavy atom. The molecule has 2 aliphatic rings. The molecule has 2 aliphatic heterocycles. The zero-order valence-electron chi connectivity index (χ0n) is 15.5. The van der Waals surface area contributed by atoms with Gasteiger partial charge in [0.1, 0.15) is 0 Å². The molecule has 0 bridgehead atoms. The molecule has 7 nitrogen and oxygen atoms in total. The summed E-state index contributed by atoms with van der Waals surface area (Å²) >= 11 is 0. The Hall–Kier alpha value is -1.89. The van der Waals surface area contributed by atoms with Crippen LogP contribution < -0.4 is 10.5 Å². The molecule has 0 unspecified atom stereocenters. The normalized spacial score (nSPS) is 22.5. The van der Waals surface area contributed by atoms with E-state index in [1.165, 1.54) is 4.68 Å². The first-order valence-electron chi connectivity index (χ1n) is 9.27. The van der Waals surface area contributed by atoms with Crippen molar-refractivity contribution in [2.75, 3.05) is 44.2 Å². The molecule has 1 aromatic rings. The van der Waals surface area contributed by atoms with Crippen molar-refractivity contribution < 1.29 is 4.79 Å². The topological polar surface area (TPSA) is 61.7 Å². The number of hydrogen-bond acceptors (Lipinski definition) is 5. The third-order valence-electron chi connectivity index (χ3n) is 5.45.